The number of piperazine rings is 1. The number of pyridine rings is 1. The summed E-state index contributed by atoms with van der Waals surface area (Å²) in [6, 6.07) is 8.23. The van der Waals surface area contributed by atoms with Crippen LogP contribution in [0.25, 0.3) is 10.9 Å². The van der Waals surface area contributed by atoms with E-state index in [1.165, 1.54) is 0 Å². The van der Waals surface area contributed by atoms with Gasteiger partial charge in [-0.3, -0.25) is 4.72 Å². The summed E-state index contributed by atoms with van der Waals surface area (Å²) >= 11 is 14.3. The molecule has 4 rings (SSSR count). The van der Waals surface area contributed by atoms with Crippen molar-refractivity contribution < 1.29 is 8.42 Å². The number of fused-ring (bicyclic) bond motifs is 1. The normalized spacial score (nSPS) is 15.2. The number of aromatic nitrogens is 3. The number of benzene rings is 1. The summed E-state index contributed by atoms with van der Waals surface area (Å²) in [5.41, 5.74) is 1.05. The van der Waals surface area contributed by atoms with Crippen LogP contribution in [0.15, 0.2) is 36.5 Å². The summed E-state index contributed by atoms with van der Waals surface area (Å²) in [4.78, 5) is 15.5. The predicted octanol–water partition coefficient (Wildman–Crippen LogP) is 3.66. The van der Waals surface area contributed by atoms with Crippen LogP contribution in [0, 0.1) is 0 Å². The van der Waals surface area contributed by atoms with Crippen molar-refractivity contribution in [3.8, 4) is 0 Å². The maximum absolute atomic E-state index is 12.5. The van der Waals surface area contributed by atoms with Crippen molar-refractivity contribution in [3.63, 3.8) is 0 Å². The highest BCUT2D eigenvalue weighted by atomic mass is 127. The second kappa shape index (κ2) is 10.1. The van der Waals surface area contributed by atoms with Crippen molar-refractivity contribution >= 4 is 84.4 Å². The fourth-order valence-electron chi connectivity index (χ4n) is 3.24. The molecule has 0 spiro atoms. The summed E-state index contributed by atoms with van der Waals surface area (Å²) in [5.74, 6) is 0.935. The molecule has 3 aromatic rings. The topological polar surface area (TPSA) is 103 Å². The molecule has 0 atom stereocenters. The van der Waals surface area contributed by atoms with Crippen LogP contribution in [-0.2, 0) is 10.0 Å². The quantitative estimate of drug-likeness (QED) is 0.238. The SMILES string of the molecule is O=S(=O)(CCNc1nc(N2CCN(I)CC2)nc2cnc(Cl)cc12)Nc1cccc(Cl)c1. The van der Waals surface area contributed by atoms with Crippen LogP contribution in [0.3, 0.4) is 0 Å². The molecular formula is C19H20Cl2IN7O2S. The maximum atomic E-state index is 12.5. The van der Waals surface area contributed by atoms with Crippen LogP contribution >= 0.6 is 46.1 Å². The monoisotopic (exact) mass is 607 g/mol. The van der Waals surface area contributed by atoms with E-state index in [-0.39, 0.29) is 12.3 Å². The molecule has 0 saturated carbocycles. The van der Waals surface area contributed by atoms with Gasteiger partial charge >= 0.3 is 0 Å². The summed E-state index contributed by atoms with van der Waals surface area (Å²) in [6.07, 6.45) is 1.60. The second-order valence-electron chi connectivity index (χ2n) is 7.15. The van der Waals surface area contributed by atoms with Crippen molar-refractivity contribution in [3.05, 3.63) is 46.7 Å². The molecule has 0 unspecified atom stereocenters. The molecule has 2 N–H and O–H groups in total. The third-order valence-electron chi connectivity index (χ3n) is 4.81. The lowest BCUT2D eigenvalue weighted by molar-refractivity contribution is 0.456. The van der Waals surface area contributed by atoms with Gasteiger partial charge in [-0.05, 0) is 24.3 Å². The van der Waals surface area contributed by atoms with Gasteiger partial charge in [0, 0.05) is 71.7 Å². The molecule has 32 heavy (non-hydrogen) atoms. The van der Waals surface area contributed by atoms with Gasteiger partial charge in [-0.2, -0.15) is 4.98 Å². The van der Waals surface area contributed by atoms with Crippen LogP contribution in [0.5, 0.6) is 0 Å². The summed E-state index contributed by atoms with van der Waals surface area (Å²) < 4.78 is 29.7. The Morgan fingerprint density at radius 3 is 2.62 bits per heavy atom. The molecule has 9 nitrogen and oxygen atoms in total. The van der Waals surface area contributed by atoms with Crippen molar-refractivity contribution in [1.82, 2.24) is 18.1 Å². The van der Waals surface area contributed by atoms with Gasteiger partial charge in [-0.1, -0.05) is 29.3 Å². The van der Waals surface area contributed by atoms with Crippen LogP contribution in [0.1, 0.15) is 0 Å². The van der Waals surface area contributed by atoms with E-state index in [1.54, 1.807) is 36.5 Å². The van der Waals surface area contributed by atoms with Gasteiger partial charge in [0.1, 0.15) is 11.0 Å². The van der Waals surface area contributed by atoms with E-state index in [9.17, 15) is 8.42 Å². The molecule has 1 aromatic carbocycles. The molecular weight excluding hydrogens is 588 g/mol. The van der Waals surface area contributed by atoms with Crippen molar-refractivity contribution in [2.75, 3.05) is 53.4 Å². The van der Waals surface area contributed by atoms with Crippen molar-refractivity contribution in [1.29, 1.82) is 0 Å². The molecule has 0 radical (unpaired) electrons. The minimum absolute atomic E-state index is 0.142. The van der Waals surface area contributed by atoms with Crippen molar-refractivity contribution in [2.24, 2.45) is 0 Å². The van der Waals surface area contributed by atoms with Gasteiger partial charge in [0.05, 0.1) is 17.5 Å². The van der Waals surface area contributed by atoms with Gasteiger partial charge in [0.2, 0.25) is 16.0 Å². The van der Waals surface area contributed by atoms with E-state index in [0.717, 1.165) is 26.2 Å². The number of anilines is 3. The lowest BCUT2D eigenvalue weighted by Crippen LogP contribution is -2.43. The number of halogens is 3. The van der Waals surface area contributed by atoms with Crippen LogP contribution in [0.4, 0.5) is 17.5 Å². The molecule has 13 heteroatoms. The Hall–Kier alpha value is -1.67. The Labute approximate surface area is 210 Å². The Balaban J connectivity index is 1.51. The van der Waals surface area contributed by atoms with Gasteiger partial charge < -0.3 is 10.2 Å². The van der Waals surface area contributed by atoms with E-state index < -0.39 is 10.0 Å². The van der Waals surface area contributed by atoms with Crippen molar-refractivity contribution in [2.45, 2.75) is 0 Å². The standard InChI is InChI=1S/C19H20Cl2IN7O2S/c20-13-2-1-3-14(10-13)27-32(30,31)9-4-23-18-15-11-17(21)24-12-16(15)25-19(26-18)28-5-7-29(22)8-6-28/h1-3,10-12,27H,4-9H2,(H,23,25,26). The molecule has 0 bridgehead atoms. The van der Waals surface area contributed by atoms with E-state index in [4.69, 9.17) is 23.2 Å². The van der Waals surface area contributed by atoms with Gasteiger partial charge in [-0.15, -0.1) is 0 Å². The van der Waals surface area contributed by atoms with E-state index in [2.05, 4.69) is 55.9 Å². The Bertz CT molecular complexity index is 1220. The lowest BCUT2D eigenvalue weighted by Gasteiger charge is -2.31. The van der Waals surface area contributed by atoms with E-state index >= 15 is 0 Å². The Morgan fingerprint density at radius 2 is 1.88 bits per heavy atom. The molecule has 0 aliphatic carbocycles. The molecule has 1 aliphatic heterocycles. The van der Waals surface area contributed by atoms with Crippen LogP contribution in [-0.4, -0.2) is 65.0 Å². The maximum Gasteiger partial charge on any atom is 0.234 e. The fourth-order valence-corrected chi connectivity index (χ4v) is 4.98. The number of nitrogens with zero attached hydrogens (tertiary/aromatic N) is 5. The smallest absolute Gasteiger partial charge is 0.234 e. The number of hydrogen-bond acceptors (Lipinski definition) is 8. The lowest BCUT2D eigenvalue weighted by atomic mass is 10.3. The molecule has 2 aromatic heterocycles. The zero-order valence-corrected chi connectivity index (χ0v) is 21.3. The molecule has 1 saturated heterocycles. The minimum atomic E-state index is -3.59. The third-order valence-corrected chi connectivity index (χ3v) is 7.50. The third kappa shape index (κ3) is 6.01. The highest BCUT2D eigenvalue weighted by Gasteiger charge is 2.20. The predicted molar refractivity (Wildman–Crippen MR) is 138 cm³/mol. The van der Waals surface area contributed by atoms with E-state index in [1.807, 2.05) is 0 Å². The first-order chi connectivity index (χ1) is 15.3. The Kier molecular flexibility index (Phi) is 7.40. The Morgan fingerprint density at radius 1 is 1.09 bits per heavy atom. The van der Waals surface area contributed by atoms with Crippen LogP contribution < -0.4 is 14.9 Å². The second-order valence-corrected chi connectivity index (χ2v) is 11.2. The minimum Gasteiger partial charge on any atom is -0.368 e. The highest BCUT2D eigenvalue weighted by Crippen LogP contribution is 2.26. The average Bonchev–Trinajstić information content (AvgIpc) is 2.74. The number of sulfonamides is 1. The summed E-state index contributed by atoms with van der Waals surface area (Å²) in [6.45, 7) is 3.54. The zero-order chi connectivity index (χ0) is 22.7. The molecule has 0 amide bonds. The number of rotatable bonds is 7. The largest absolute Gasteiger partial charge is 0.368 e. The average molecular weight is 608 g/mol. The number of hydrogen-bond donors (Lipinski definition) is 2. The molecule has 1 fully saturated rings. The highest BCUT2D eigenvalue weighted by molar-refractivity contribution is 14.1. The first-order valence-electron chi connectivity index (χ1n) is 9.78. The molecule has 1 aliphatic rings. The fraction of sp³-hybridized carbons (Fsp3) is 0.316. The summed E-state index contributed by atoms with van der Waals surface area (Å²) in [5, 5.41) is 4.58. The van der Waals surface area contributed by atoms with Crippen LogP contribution in [0.2, 0.25) is 10.2 Å². The van der Waals surface area contributed by atoms with Gasteiger partial charge in [-0.25, -0.2) is 21.5 Å². The first kappa shape index (κ1) is 23.5. The molecule has 3 heterocycles. The zero-order valence-electron chi connectivity index (χ0n) is 16.8. The van der Waals surface area contributed by atoms with Gasteiger partial charge in [0.25, 0.3) is 0 Å². The van der Waals surface area contributed by atoms with E-state index in [0.29, 0.717) is 38.5 Å². The number of nitrogens with one attached hydrogen (secondary N) is 2. The molecule has 170 valence electrons. The first-order valence-corrected chi connectivity index (χ1v) is 13.2. The van der Waals surface area contributed by atoms with Gasteiger partial charge in [0.15, 0.2) is 0 Å². The summed E-state index contributed by atoms with van der Waals surface area (Å²) in [7, 11) is -3.59.